The van der Waals surface area contributed by atoms with Crippen LogP contribution < -0.4 is 15.2 Å². The minimum atomic E-state index is -3.51. The molecule has 2 aromatic rings. The minimum Gasteiger partial charge on any atom is -0.454 e. The zero-order valence-electron chi connectivity index (χ0n) is 12.6. The third-order valence-electron chi connectivity index (χ3n) is 4.49. The van der Waals surface area contributed by atoms with Gasteiger partial charge in [-0.25, -0.2) is 8.42 Å². The van der Waals surface area contributed by atoms with Crippen LogP contribution in [0.5, 0.6) is 11.5 Å². The lowest BCUT2D eigenvalue weighted by Gasteiger charge is -2.04. The van der Waals surface area contributed by atoms with Gasteiger partial charge in [0.25, 0.3) is 0 Å². The van der Waals surface area contributed by atoms with E-state index in [0.29, 0.717) is 16.4 Å². The van der Waals surface area contributed by atoms with Crippen LogP contribution in [0.4, 0.5) is 0 Å². The average molecular weight is 361 g/mol. The zero-order valence-corrected chi connectivity index (χ0v) is 14.2. The number of thiocarbonyl (C=S) groups is 1. The molecule has 2 aliphatic rings. The molecule has 1 heterocycles. The van der Waals surface area contributed by atoms with Crippen LogP contribution in [0.15, 0.2) is 53.4 Å². The van der Waals surface area contributed by atoms with Crippen LogP contribution in [0.1, 0.15) is 11.5 Å². The van der Waals surface area contributed by atoms with Crippen molar-refractivity contribution in [3.8, 4) is 11.5 Å². The van der Waals surface area contributed by atoms with Gasteiger partial charge >= 0.3 is 0 Å². The number of benzene rings is 2. The molecule has 1 aliphatic carbocycles. The van der Waals surface area contributed by atoms with Crippen molar-refractivity contribution in [2.24, 2.45) is 11.7 Å². The molecule has 2 aromatic carbocycles. The molecule has 0 saturated heterocycles. The van der Waals surface area contributed by atoms with Gasteiger partial charge in [-0.15, -0.1) is 0 Å². The summed E-state index contributed by atoms with van der Waals surface area (Å²) in [6.45, 7) is 0.175. The third-order valence-corrected chi connectivity index (χ3v) is 7.00. The van der Waals surface area contributed by atoms with E-state index < -0.39 is 15.1 Å². The van der Waals surface area contributed by atoms with Crippen LogP contribution in [-0.2, 0) is 9.84 Å². The van der Waals surface area contributed by atoms with E-state index in [0.717, 1.165) is 5.56 Å². The van der Waals surface area contributed by atoms with Crippen molar-refractivity contribution in [1.82, 2.24) is 0 Å². The monoisotopic (exact) mass is 361 g/mol. The van der Waals surface area contributed by atoms with E-state index >= 15 is 0 Å². The van der Waals surface area contributed by atoms with E-state index in [-0.39, 0.29) is 23.6 Å². The topological polar surface area (TPSA) is 78.6 Å². The van der Waals surface area contributed by atoms with Crippen LogP contribution in [-0.4, -0.2) is 25.4 Å². The number of nitrogens with two attached hydrogens (primary N) is 1. The lowest BCUT2D eigenvalue weighted by molar-refractivity contribution is 0.174. The fourth-order valence-electron chi connectivity index (χ4n) is 3.29. The van der Waals surface area contributed by atoms with Crippen molar-refractivity contribution in [2.45, 2.75) is 16.1 Å². The molecule has 0 aromatic heterocycles. The molecule has 7 heteroatoms. The first-order valence-corrected chi connectivity index (χ1v) is 9.43. The predicted molar refractivity (Wildman–Crippen MR) is 93.0 cm³/mol. The molecular weight excluding hydrogens is 346 g/mol. The van der Waals surface area contributed by atoms with Gasteiger partial charge < -0.3 is 15.2 Å². The molecule has 3 atom stereocenters. The molecular formula is C17H15NO4S2. The molecule has 24 heavy (non-hydrogen) atoms. The van der Waals surface area contributed by atoms with Gasteiger partial charge in [0.05, 0.1) is 15.1 Å². The maximum atomic E-state index is 13.0. The summed E-state index contributed by atoms with van der Waals surface area (Å²) in [5.74, 6) is 0.651. The molecule has 5 nitrogen and oxygen atoms in total. The molecule has 1 fully saturated rings. The van der Waals surface area contributed by atoms with Crippen molar-refractivity contribution in [2.75, 3.05) is 6.79 Å². The molecule has 2 N–H and O–H groups in total. The molecule has 0 amide bonds. The second kappa shape index (κ2) is 5.46. The number of rotatable bonds is 4. The van der Waals surface area contributed by atoms with Crippen LogP contribution >= 0.6 is 12.2 Å². The maximum Gasteiger partial charge on any atom is 0.231 e. The summed E-state index contributed by atoms with van der Waals surface area (Å²) < 4.78 is 36.6. The first kappa shape index (κ1) is 15.4. The highest BCUT2D eigenvalue weighted by molar-refractivity contribution is 7.92. The van der Waals surface area contributed by atoms with E-state index in [1.165, 1.54) is 0 Å². The van der Waals surface area contributed by atoms with Crippen molar-refractivity contribution in [1.29, 1.82) is 0 Å². The number of hydrogen-bond acceptors (Lipinski definition) is 5. The Hall–Kier alpha value is -2.12. The Labute approximate surface area is 145 Å². The fourth-order valence-corrected chi connectivity index (χ4v) is 5.85. The second-order valence-electron chi connectivity index (χ2n) is 5.89. The zero-order chi connectivity index (χ0) is 16.9. The third kappa shape index (κ3) is 2.35. The van der Waals surface area contributed by atoms with Gasteiger partial charge in [-0.3, -0.25) is 0 Å². The summed E-state index contributed by atoms with van der Waals surface area (Å²) in [4.78, 5) is 0.515. The van der Waals surface area contributed by atoms with Crippen molar-refractivity contribution in [3.05, 3.63) is 54.1 Å². The van der Waals surface area contributed by atoms with E-state index in [9.17, 15) is 8.42 Å². The molecule has 1 saturated carbocycles. The summed E-state index contributed by atoms with van der Waals surface area (Å²) >= 11 is 5.11. The standard InChI is InChI=1S/C17H15NO4S2/c18-17(23)15-14(10-6-7-12-13(8-10)22-9-21-12)16(15)24(19,20)11-4-2-1-3-5-11/h1-8,14-16H,9H2,(H2,18,23)/t14-,15+,16+/m0/s1. The lowest BCUT2D eigenvalue weighted by atomic mass is 10.1. The summed E-state index contributed by atoms with van der Waals surface area (Å²) in [6, 6.07) is 13.9. The van der Waals surface area contributed by atoms with Crippen molar-refractivity contribution >= 4 is 27.0 Å². The first-order valence-electron chi connectivity index (χ1n) is 7.48. The normalized spacial score (nSPS) is 24.6. The van der Waals surface area contributed by atoms with Gasteiger partial charge in [-0.2, -0.15) is 0 Å². The second-order valence-corrected chi connectivity index (χ2v) is 8.47. The van der Waals surface area contributed by atoms with Gasteiger partial charge in [0.1, 0.15) is 0 Å². The maximum absolute atomic E-state index is 13.0. The summed E-state index contributed by atoms with van der Waals surface area (Å²) in [7, 11) is -3.51. The summed E-state index contributed by atoms with van der Waals surface area (Å²) in [5.41, 5.74) is 6.66. The largest absolute Gasteiger partial charge is 0.454 e. The molecule has 4 rings (SSSR count). The molecule has 0 spiro atoms. The quantitative estimate of drug-likeness (QED) is 0.842. The van der Waals surface area contributed by atoms with Gasteiger partial charge in [0, 0.05) is 11.8 Å². The first-order chi connectivity index (χ1) is 11.5. The van der Waals surface area contributed by atoms with Crippen LogP contribution in [0.2, 0.25) is 0 Å². The summed E-state index contributed by atoms with van der Waals surface area (Å²) in [6.07, 6.45) is 0. The fraction of sp³-hybridized carbons (Fsp3) is 0.235. The highest BCUT2D eigenvalue weighted by Crippen LogP contribution is 2.55. The van der Waals surface area contributed by atoms with Gasteiger partial charge in [0.2, 0.25) is 6.79 Å². The number of ether oxygens (including phenoxy) is 2. The van der Waals surface area contributed by atoms with E-state index in [1.54, 1.807) is 36.4 Å². The number of sulfone groups is 1. The van der Waals surface area contributed by atoms with E-state index in [2.05, 4.69) is 0 Å². The van der Waals surface area contributed by atoms with Gasteiger partial charge in [-0.05, 0) is 29.8 Å². The Kier molecular flexibility index (Phi) is 3.51. The van der Waals surface area contributed by atoms with E-state index in [1.807, 2.05) is 12.1 Å². The SMILES string of the molecule is NC(=S)[C@@H]1[C@H](c2ccc3c(c2)OCO3)[C@H]1S(=O)(=O)c1ccccc1. The number of fused-ring (bicyclic) bond motifs is 1. The molecule has 0 radical (unpaired) electrons. The predicted octanol–water partition coefficient (Wildman–Crippen LogP) is 2.26. The Morgan fingerprint density at radius 3 is 2.50 bits per heavy atom. The molecule has 124 valence electrons. The Morgan fingerprint density at radius 1 is 1.08 bits per heavy atom. The number of hydrogen-bond donors (Lipinski definition) is 1. The smallest absolute Gasteiger partial charge is 0.231 e. The highest BCUT2D eigenvalue weighted by Gasteiger charge is 2.60. The minimum absolute atomic E-state index is 0.175. The van der Waals surface area contributed by atoms with Crippen LogP contribution in [0, 0.1) is 5.92 Å². The average Bonchev–Trinajstić information content (AvgIpc) is 3.19. The van der Waals surface area contributed by atoms with E-state index in [4.69, 9.17) is 27.4 Å². The van der Waals surface area contributed by atoms with Gasteiger partial charge in [0.15, 0.2) is 21.3 Å². The Morgan fingerprint density at radius 2 is 1.79 bits per heavy atom. The van der Waals surface area contributed by atoms with Gasteiger partial charge in [-0.1, -0.05) is 36.5 Å². The Balaban J connectivity index is 1.72. The highest BCUT2D eigenvalue weighted by atomic mass is 32.2. The van der Waals surface area contributed by atoms with Crippen LogP contribution in [0.3, 0.4) is 0 Å². The summed E-state index contributed by atoms with van der Waals surface area (Å²) in [5, 5.41) is -0.641. The Bertz CT molecular complexity index is 911. The van der Waals surface area contributed by atoms with Crippen LogP contribution in [0.25, 0.3) is 0 Å². The molecule has 0 unspecified atom stereocenters. The molecule has 1 aliphatic heterocycles. The molecule has 0 bridgehead atoms. The van der Waals surface area contributed by atoms with Crippen molar-refractivity contribution < 1.29 is 17.9 Å². The lowest BCUT2D eigenvalue weighted by Crippen LogP contribution is -2.17. The van der Waals surface area contributed by atoms with Crippen molar-refractivity contribution in [3.63, 3.8) is 0 Å².